The second-order valence-corrected chi connectivity index (χ2v) is 5.65. The van der Waals surface area contributed by atoms with E-state index in [1.807, 2.05) is 30.3 Å². The van der Waals surface area contributed by atoms with E-state index < -0.39 is 4.92 Å². The molecule has 0 fully saturated rings. The van der Waals surface area contributed by atoms with Gasteiger partial charge in [-0.05, 0) is 29.2 Å². The number of aromatic nitrogens is 1. The standard InChI is InChI=1S/C16H13N3O2S/c17-16-14(10-11-4-2-1-3-5-11)15(18-22-16)12-6-8-13(9-7-12)19(20)21/h1-9H,10,17H2. The third kappa shape index (κ3) is 2.82. The molecule has 22 heavy (non-hydrogen) atoms. The highest BCUT2D eigenvalue weighted by molar-refractivity contribution is 7.10. The van der Waals surface area contributed by atoms with Gasteiger partial charge in [0.2, 0.25) is 0 Å². The molecule has 1 aromatic heterocycles. The average molecular weight is 311 g/mol. The van der Waals surface area contributed by atoms with E-state index >= 15 is 0 Å². The van der Waals surface area contributed by atoms with Crippen molar-refractivity contribution in [3.05, 3.63) is 75.8 Å². The fraction of sp³-hybridized carbons (Fsp3) is 0.0625. The number of benzene rings is 2. The maximum atomic E-state index is 10.7. The number of nitrogens with zero attached hydrogens (tertiary/aromatic N) is 2. The summed E-state index contributed by atoms with van der Waals surface area (Å²) in [5, 5.41) is 11.4. The van der Waals surface area contributed by atoms with Crippen LogP contribution in [0.3, 0.4) is 0 Å². The van der Waals surface area contributed by atoms with E-state index in [9.17, 15) is 10.1 Å². The minimum Gasteiger partial charge on any atom is -0.389 e. The second-order valence-electron chi connectivity index (χ2n) is 4.84. The summed E-state index contributed by atoms with van der Waals surface area (Å²) in [5.41, 5.74) is 9.86. The van der Waals surface area contributed by atoms with Crippen molar-refractivity contribution in [3.8, 4) is 11.3 Å². The van der Waals surface area contributed by atoms with E-state index in [1.165, 1.54) is 23.7 Å². The summed E-state index contributed by atoms with van der Waals surface area (Å²) in [6.45, 7) is 0. The Morgan fingerprint density at radius 2 is 1.77 bits per heavy atom. The molecule has 0 aliphatic rings. The normalized spacial score (nSPS) is 10.5. The quantitative estimate of drug-likeness (QED) is 0.585. The predicted molar refractivity (Wildman–Crippen MR) is 87.9 cm³/mol. The topological polar surface area (TPSA) is 82.0 Å². The SMILES string of the molecule is Nc1snc(-c2ccc([N+](=O)[O-])cc2)c1Cc1ccccc1. The largest absolute Gasteiger partial charge is 0.389 e. The van der Waals surface area contributed by atoms with Crippen LogP contribution in [-0.4, -0.2) is 9.30 Å². The number of nitro groups is 1. The summed E-state index contributed by atoms with van der Waals surface area (Å²) in [7, 11) is 0. The number of nitro benzene ring substituents is 1. The van der Waals surface area contributed by atoms with Crippen LogP contribution in [0.4, 0.5) is 10.7 Å². The molecule has 0 atom stereocenters. The third-order valence-electron chi connectivity index (χ3n) is 3.39. The van der Waals surface area contributed by atoms with E-state index in [0.29, 0.717) is 11.4 Å². The number of nitrogen functional groups attached to an aromatic ring is 1. The van der Waals surface area contributed by atoms with Crippen LogP contribution in [0.5, 0.6) is 0 Å². The van der Waals surface area contributed by atoms with Crippen molar-refractivity contribution in [2.75, 3.05) is 5.73 Å². The highest BCUT2D eigenvalue weighted by Crippen LogP contribution is 2.32. The van der Waals surface area contributed by atoms with E-state index in [4.69, 9.17) is 5.73 Å². The summed E-state index contributed by atoms with van der Waals surface area (Å²) in [5.74, 6) is 0. The zero-order valence-electron chi connectivity index (χ0n) is 11.6. The van der Waals surface area contributed by atoms with Gasteiger partial charge in [-0.3, -0.25) is 10.1 Å². The van der Waals surface area contributed by atoms with Gasteiger partial charge in [0.15, 0.2) is 0 Å². The van der Waals surface area contributed by atoms with Crippen LogP contribution in [0.15, 0.2) is 54.6 Å². The highest BCUT2D eigenvalue weighted by Gasteiger charge is 2.15. The van der Waals surface area contributed by atoms with Crippen LogP contribution < -0.4 is 5.73 Å². The number of rotatable bonds is 4. The lowest BCUT2D eigenvalue weighted by molar-refractivity contribution is -0.384. The molecule has 0 radical (unpaired) electrons. The molecule has 6 heteroatoms. The average Bonchev–Trinajstić information content (AvgIpc) is 2.89. The first kappa shape index (κ1) is 14.2. The first-order valence-electron chi connectivity index (χ1n) is 6.68. The van der Waals surface area contributed by atoms with Gasteiger partial charge >= 0.3 is 0 Å². The number of hydrogen-bond donors (Lipinski definition) is 1. The van der Waals surface area contributed by atoms with E-state index in [2.05, 4.69) is 4.37 Å². The molecule has 3 rings (SSSR count). The molecular weight excluding hydrogens is 298 g/mol. The van der Waals surface area contributed by atoms with Crippen molar-refractivity contribution in [3.63, 3.8) is 0 Å². The van der Waals surface area contributed by atoms with Gasteiger partial charge in [-0.15, -0.1) is 0 Å². The van der Waals surface area contributed by atoms with Gasteiger partial charge in [0.1, 0.15) is 5.00 Å². The molecule has 0 saturated heterocycles. The maximum absolute atomic E-state index is 10.7. The zero-order valence-corrected chi connectivity index (χ0v) is 12.4. The van der Waals surface area contributed by atoms with E-state index in [-0.39, 0.29) is 5.69 Å². The van der Waals surface area contributed by atoms with Crippen molar-refractivity contribution in [2.45, 2.75) is 6.42 Å². The Labute approximate surface area is 131 Å². The summed E-state index contributed by atoms with van der Waals surface area (Å²) < 4.78 is 4.40. The molecule has 0 saturated carbocycles. The van der Waals surface area contributed by atoms with Gasteiger partial charge in [0.05, 0.1) is 10.6 Å². The number of nitrogens with two attached hydrogens (primary N) is 1. The molecule has 0 unspecified atom stereocenters. The molecule has 0 bridgehead atoms. The van der Waals surface area contributed by atoms with Gasteiger partial charge in [0, 0.05) is 29.7 Å². The summed E-state index contributed by atoms with van der Waals surface area (Å²) in [4.78, 5) is 10.3. The smallest absolute Gasteiger partial charge is 0.269 e. The molecule has 5 nitrogen and oxygen atoms in total. The Morgan fingerprint density at radius 3 is 2.41 bits per heavy atom. The van der Waals surface area contributed by atoms with Gasteiger partial charge in [-0.2, -0.15) is 4.37 Å². The summed E-state index contributed by atoms with van der Waals surface area (Å²) in [6, 6.07) is 16.4. The van der Waals surface area contributed by atoms with E-state index in [0.717, 1.165) is 22.4 Å². The molecule has 0 spiro atoms. The lowest BCUT2D eigenvalue weighted by atomic mass is 10.0. The number of non-ortho nitro benzene ring substituents is 1. The Bertz CT molecular complexity index is 798. The molecule has 1 heterocycles. The highest BCUT2D eigenvalue weighted by atomic mass is 32.1. The number of hydrogen-bond acceptors (Lipinski definition) is 5. The third-order valence-corrected chi connectivity index (χ3v) is 4.11. The molecular formula is C16H13N3O2S. The van der Waals surface area contributed by atoms with Crippen molar-refractivity contribution in [1.82, 2.24) is 4.37 Å². The van der Waals surface area contributed by atoms with Crippen LogP contribution in [0.2, 0.25) is 0 Å². The van der Waals surface area contributed by atoms with Gasteiger partial charge in [-0.1, -0.05) is 30.3 Å². The van der Waals surface area contributed by atoms with Crippen molar-refractivity contribution in [1.29, 1.82) is 0 Å². The molecule has 3 aromatic rings. The summed E-state index contributed by atoms with van der Waals surface area (Å²) in [6.07, 6.45) is 0.690. The van der Waals surface area contributed by atoms with Gasteiger partial charge in [0.25, 0.3) is 5.69 Å². The second kappa shape index (κ2) is 5.95. The minimum absolute atomic E-state index is 0.0663. The van der Waals surface area contributed by atoms with Crippen LogP contribution in [0.25, 0.3) is 11.3 Å². The lowest BCUT2D eigenvalue weighted by Crippen LogP contribution is -1.94. The van der Waals surface area contributed by atoms with Crippen molar-refractivity contribution >= 4 is 22.2 Å². The van der Waals surface area contributed by atoms with E-state index in [1.54, 1.807) is 12.1 Å². The van der Waals surface area contributed by atoms with Crippen LogP contribution in [0.1, 0.15) is 11.1 Å². The van der Waals surface area contributed by atoms with Crippen LogP contribution >= 0.6 is 11.5 Å². The fourth-order valence-electron chi connectivity index (χ4n) is 2.26. The fourth-order valence-corrected chi connectivity index (χ4v) is 2.94. The Balaban J connectivity index is 1.96. The first-order chi connectivity index (χ1) is 10.6. The lowest BCUT2D eigenvalue weighted by Gasteiger charge is -2.05. The van der Waals surface area contributed by atoms with Crippen molar-refractivity contribution < 1.29 is 4.92 Å². The molecule has 0 aliphatic carbocycles. The molecule has 2 N–H and O–H groups in total. The van der Waals surface area contributed by atoms with Gasteiger partial charge in [-0.25, -0.2) is 0 Å². The first-order valence-corrected chi connectivity index (χ1v) is 7.45. The molecule has 2 aromatic carbocycles. The zero-order chi connectivity index (χ0) is 15.5. The Kier molecular flexibility index (Phi) is 3.84. The Morgan fingerprint density at radius 1 is 1.09 bits per heavy atom. The molecule has 0 aliphatic heterocycles. The van der Waals surface area contributed by atoms with Crippen LogP contribution in [-0.2, 0) is 6.42 Å². The number of anilines is 1. The minimum atomic E-state index is -0.413. The molecule has 110 valence electrons. The van der Waals surface area contributed by atoms with Crippen LogP contribution in [0, 0.1) is 10.1 Å². The van der Waals surface area contributed by atoms with Gasteiger partial charge < -0.3 is 5.73 Å². The monoisotopic (exact) mass is 311 g/mol. The summed E-state index contributed by atoms with van der Waals surface area (Å²) >= 11 is 1.25. The van der Waals surface area contributed by atoms with Crippen molar-refractivity contribution in [2.24, 2.45) is 0 Å². The Hall–Kier alpha value is -2.73. The molecule has 0 amide bonds. The predicted octanol–water partition coefficient (Wildman–Crippen LogP) is 3.89. The maximum Gasteiger partial charge on any atom is 0.269 e.